The average Bonchev–Trinajstić information content (AvgIpc) is 2.87. The Labute approximate surface area is 196 Å². The van der Waals surface area contributed by atoms with Crippen molar-refractivity contribution < 1.29 is 19.1 Å². The smallest absolute Gasteiger partial charge is 0.333 e. The topological polar surface area (TPSA) is 101 Å². The standard InChI is InChI=1S/C26H21N3O5/c1-33-25-16-19(11-13-24(25)34-18-20-6-3-2-4-7-20)10-12-22-14-15-27-26(28(22)30)21-8-5-9-23(17-21)29(31)32/h2-17H,18H2,1H3. The third kappa shape index (κ3) is 5.18. The van der Waals surface area contributed by atoms with Crippen molar-refractivity contribution in [3.63, 3.8) is 0 Å². The minimum absolute atomic E-state index is 0.0769. The Morgan fingerprint density at radius 2 is 1.79 bits per heavy atom. The summed E-state index contributed by atoms with van der Waals surface area (Å²) in [5, 5.41) is 23.9. The van der Waals surface area contributed by atoms with Crippen LogP contribution in [0.2, 0.25) is 0 Å². The summed E-state index contributed by atoms with van der Waals surface area (Å²) in [5.74, 6) is 1.26. The first-order chi connectivity index (χ1) is 16.5. The molecule has 4 aromatic rings. The first kappa shape index (κ1) is 22.5. The van der Waals surface area contributed by atoms with E-state index in [1.165, 1.54) is 24.4 Å². The van der Waals surface area contributed by atoms with Crippen molar-refractivity contribution in [3.8, 4) is 22.9 Å². The van der Waals surface area contributed by atoms with Crippen LogP contribution in [-0.2, 0) is 6.61 Å². The Kier molecular flexibility index (Phi) is 6.78. The van der Waals surface area contributed by atoms with Crippen LogP contribution >= 0.6 is 0 Å². The van der Waals surface area contributed by atoms with Crippen LogP contribution in [-0.4, -0.2) is 17.0 Å². The second-order valence-corrected chi connectivity index (χ2v) is 7.31. The molecular weight excluding hydrogens is 434 g/mol. The number of methoxy groups -OCH3 is 1. The molecule has 0 radical (unpaired) electrons. The Morgan fingerprint density at radius 3 is 2.56 bits per heavy atom. The van der Waals surface area contributed by atoms with E-state index in [0.29, 0.717) is 34.1 Å². The number of aromatic nitrogens is 2. The van der Waals surface area contributed by atoms with Gasteiger partial charge in [-0.25, -0.2) is 4.73 Å². The van der Waals surface area contributed by atoms with Gasteiger partial charge in [0.25, 0.3) is 5.69 Å². The molecule has 1 aromatic heterocycles. The van der Waals surface area contributed by atoms with Crippen molar-refractivity contribution in [2.24, 2.45) is 0 Å². The number of nitro benzene ring substituents is 1. The summed E-state index contributed by atoms with van der Waals surface area (Å²) in [6.45, 7) is 0.417. The van der Waals surface area contributed by atoms with Crippen LogP contribution in [0.5, 0.6) is 11.5 Å². The normalized spacial score (nSPS) is 10.9. The highest BCUT2D eigenvalue weighted by molar-refractivity contribution is 5.69. The molecule has 8 nitrogen and oxygen atoms in total. The molecule has 0 aliphatic heterocycles. The van der Waals surface area contributed by atoms with Crippen molar-refractivity contribution in [1.82, 2.24) is 4.98 Å². The molecule has 0 N–H and O–H groups in total. The van der Waals surface area contributed by atoms with E-state index in [2.05, 4.69) is 4.98 Å². The van der Waals surface area contributed by atoms with Gasteiger partial charge in [-0.2, -0.15) is 0 Å². The predicted octanol–water partition coefficient (Wildman–Crippen LogP) is 5.05. The number of hydrogen-bond acceptors (Lipinski definition) is 6. The molecule has 34 heavy (non-hydrogen) atoms. The molecule has 170 valence electrons. The summed E-state index contributed by atoms with van der Waals surface area (Å²) in [4.78, 5) is 14.7. The quantitative estimate of drug-likeness (QED) is 0.159. The second kappa shape index (κ2) is 10.3. The molecule has 0 saturated heterocycles. The average molecular weight is 455 g/mol. The summed E-state index contributed by atoms with van der Waals surface area (Å²) in [6.07, 6.45) is 4.91. The maximum atomic E-state index is 12.9. The lowest BCUT2D eigenvalue weighted by Gasteiger charge is -2.12. The molecule has 0 aliphatic carbocycles. The molecule has 0 fully saturated rings. The van der Waals surface area contributed by atoms with Gasteiger partial charge in [-0.05, 0) is 40.4 Å². The SMILES string of the molecule is COc1cc(C=Cc2ccnc(-c3cccc([N+](=O)[O-])c3)[n+]2[O-])ccc1OCc1ccccc1. The zero-order chi connectivity index (χ0) is 23.9. The third-order valence-electron chi connectivity index (χ3n) is 5.06. The van der Waals surface area contributed by atoms with Crippen LogP contribution in [0.3, 0.4) is 0 Å². The van der Waals surface area contributed by atoms with Crippen LogP contribution in [0.15, 0.2) is 85.1 Å². The van der Waals surface area contributed by atoms with E-state index in [0.717, 1.165) is 11.1 Å². The van der Waals surface area contributed by atoms with Gasteiger partial charge in [-0.15, -0.1) is 0 Å². The Bertz CT molecular complexity index is 1340. The fourth-order valence-corrected chi connectivity index (χ4v) is 3.32. The molecule has 1 heterocycles. The van der Waals surface area contributed by atoms with Gasteiger partial charge < -0.3 is 14.7 Å². The van der Waals surface area contributed by atoms with E-state index in [1.807, 2.05) is 48.5 Å². The molecule has 0 aliphatic rings. The van der Waals surface area contributed by atoms with Crippen molar-refractivity contribution in [2.75, 3.05) is 7.11 Å². The third-order valence-corrected chi connectivity index (χ3v) is 5.06. The van der Waals surface area contributed by atoms with Crippen molar-refractivity contribution in [2.45, 2.75) is 6.61 Å². The maximum absolute atomic E-state index is 12.9. The van der Waals surface area contributed by atoms with Crippen LogP contribution in [0.25, 0.3) is 23.5 Å². The second-order valence-electron chi connectivity index (χ2n) is 7.31. The maximum Gasteiger partial charge on any atom is 0.333 e. The van der Waals surface area contributed by atoms with E-state index < -0.39 is 4.92 Å². The van der Waals surface area contributed by atoms with Gasteiger partial charge in [0.15, 0.2) is 11.5 Å². The van der Waals surface area contributed by atoms with Gasteiger partial charge in [0.1, 0.15) is 18.5 Å². The lowest BCUT2D eigenvalue weighted by molar-refractivity contribution is -0.598. The van der Waals surface area contributed by atoms with Crippen LogP contribution in [0.4, 0.5) is 5.69 Å². The van der Waals surface area contributed by atoms with Crippen molar-refractivity contribution >= 4 is 17.8 Å². The molecule has 0 unspecified atom stereocenters. The Balaban J connectivity index is 1.55. The number of rotatable bonds is 8. The Hall–Kier alpha value is -4.72. The zero-order valence-corrected chi connectivity index (χ0v) is 18.3. The van der Waals surface area contributed by atoms with E-state index in [9.17, 15) is 15.3 Å². The molecule has 4 rings (SSSR count). The molecule has 0 spiro atoms. The monoisotopic (exact) mass is 455 g/mol. The molecular formula is C26H21N3O5. The first-order valence-corrected chi connectivity index (χ1v) is 10.4. The zero-order valence-electron chi connectivity index (χ0n) is 18.3. The van der Waals surface area contributed by atoms with Crippen LogP contribution in [0.1, 0.15) is 16.8 Å². The molecule has 0 bridgehead atoms. The van der Waals surface area contributed by atoms with E-state index >= 15 is 0 Å². The van der Waals surface area contributed by atoms with Gasteiger partial charge in [0, 0.05) is 18.2 Å². The van der Waals surface area contributed by atoms with Gasteiger partial charge in [-0.3, -0.25) is 10.1 Å². The number of nitrogens with zero attached hydrogens (tertiary/aromatic N) is 3. The van der Waals surface area contributed by atoms with Crippen LogP contribution in [0, 0.1) is 15.3 Å². The van der Waals surface area contributed by atoms with Crippen molar-refractivity contribution in [3.05, 3.63) is 117 Å². The number of nitro groups is 1. The first-order valence-electron chi connectivity index (χ1n) is 10.4. The summed E-state index contributed by atoms with van der Waals surface area (Å²) < 4.78 is 12.0. The minimum Gasteiger partial charge on any atom is -0.710 e. The molecule has 3 aromatic carbocycles. The molecule has 8 heteroatoms. The number of ether oxygens (including phenoxy) is 2. The molecule has 0 amide bonds. The summed E-state index contributed by atoms with van der Waals surface area (Å²) >= 11 is 0. The van der Waals surface area contributed by atoms with Gasteiger partial charge in [-0.1, -0.05) is 48.5 Å². The number of hydrogen-bond donors (Lipinski definition) is 0. The highest BCUT2D eigenvalue weighted by Gasteiger charge is 2.16. The van der Waals surface area contributed by atoms with E-state index in [4.69, 9.17) is 9.47 Å². The fraction of sp³-hybridized carbons (Fsp3) is 0.0769. The van der Waals surface area contributed by atoms with Crippen LogP contribution < -0.4 is 14.2 Å². The number of non-ortho nitro benzene ring substituents is 1. The van der Waals surface area contributed by atoms with Crippen molar-refractivity contribution in [1.29, 1.82) is 0 Å². The summed E-state index contributed by atoms with van der Waals surface area (Å²) in [7, 11) is 1.57. The summed E-state index contributed by atoms with van der Waals surface area (Å²) in [5.41, 5.74) is 2.44. The predicted molar refractivity (Wildman–Crippen MR) is 128 cm³/mol. The van der Waals surface area contributed by atoms with Gasteiger partial charge in [0.2, 0.25) is 0 Å². The largest absolute Gasteiger partial charge is 0.710 e. The molecule has 0 saturated carbocycles. The van der Waals surface area contributed by atoms with E-state index in [-0.39, 0.29) is 11.5 Å². The highest BCUT2D eigenvalue weighted by atomic mass is 16.6. The van der Waals surface area contributed by atoms with Gasteiger partial charge in [0.05, 0.1) is 17.6 Å². The molecule has 0 atom stereocenters. The van der Waals surface area contributed by atoms with E-state index in [1.54, 1.807) is 31.4 Å². The summed E-state index contributed by atoms with van der Waals surface area (Å²) in [6, 6.07) is 22.7. The lowest BCUT2D eigenvalue weighted by Crippen LogP contribution is -2.33. The Morgan fingerprint density at radius 1 is 0.971 bits per heavy atom. The fourth-order valence-electron chi connectivity index (χ4n) is 3.32. The minimum atomic E-state index is -0.511. The number of benzene rings is 3. The van der Waals surface area contributed by atoms with Gasteiger partial charge >= 0.3 is 5.82 Å². The lowest BCUT2D eigenvalue weighted by atomic mass is 10.1. The highest BCUT2D eigenvalue weighted by Crippen LogP contribution is 2.29.